The van der Waals surface area contributed by atoms with Gasteiger partial charge in [0.1, 0.15) is 6.04 Å². The molecule has 0 aliphatic rings. The summed E-state index contributed by atoms with van der Waals surface area (Å²) in [5, 5.41) is 19.5. The molecule has 5 nitrogen and oxygen atoms in total. The molecule has 0 aromatic carbocycles. The monoisotopic (exact) mass is 189 g/mol. The van der Waals surface area contributed by atoms with Gasteiger partial charge >= 0.3 is 11.9 Å². The number of hydrogen-bond donors (Lipinski definition) is 3. The van der Waals surface area contributed by atoms with Gasteiger partial charge in [-0.2, -0.15) is 0 Å². The molecule has 0 saturated heterocycles. The Hall–Kier alpha value is -1.10. The number of rotatable bonds is 6. The molecule has 0 rings (SSSR count). The van der Waals surface area contributed by atoms with Crippen molar-refractivity contribution in [3.63, 3.8) is 0 Å². The zero-order valence-electron chi connectivity index (χ0n) is 7.78. The number of carboxylic acid groups (broad SMARTS) is 2. The molecule has 0 unspecified atom stereocenters. The van der Waals surface area contributed by atoms with Gasteiger partial charge in [0.15, 0.2) is 0 Å². The molecule has 0 bridgehead atoms. The van der Waals surface area contributed by atoms with E-state index in [0.29, 0.717) is 6.42 Å². The van der Waals surface area contributed by atoms with E-state index in [4.69, 9.17) is 10.2 Å². The van der Waals surface area contributed by atoms with E-state index < -0.39 is 18.0 Å². The first-order chi connectivity index (χ1) is 5.99. The highest BCUT2D eigenvalue weighted by molar-refractivity contribution is 5.75. The maximum atomic E-state index is 10.7. The second-order valence-corrected chi connectivity index (χ2v) is 2.98. The molecule has 0 spiro atoms. The average molecular weight is 189 g/mol. The van der Waals surface area contributed by atoms with Gasteiger partial charge in [-0.3, -0.25) is 14.9 Å². The van der Waals surface area contributed by atoms with Crippen LogP contribution in [0.4, 0.5) is 0 Å². The van der Waals surface area contributed by atoms with Crippen molar-refractivity contribution in [1.29, 1.82) is 0 Å². The Morgan fingerprint density at radius 3 is 2.23 bits per heavy atom. The average Bonchev–Trinajstić information content (AvgIpc) is 2.03. The highest BCUT2D eigenvalue weighted by Crippen LogP contribution is 2.07. The Balaban J connectivity index is 4.10. The van der Waals surface area contributed by atoms with E-state index in [0.717, 1.165) is 0 Å². The zero-order chi connectivity index (χ0) is 10.4. The number of nitrogens with one attached hydrogen (secondary N) is 1. The Kier molecular flexibility index (Phi) is 5.06. The van der Waals surface area contributed by atoms with Crippen molar-refractivity contribution in [3.05, 3.63) is 0 Å². The summed E-state index contributed by atoms with van der Waals surface area (Å²) in [5.41, 5.74) is 0. The second-order valence-electron chi connectivity index (χ2n) is 2.98. The molecule has 0 radical (unpaired) electrons. The molecule has 0 aromatic rings. The number of aliphatic carboxylic acids is 2. The summed E-state index contributed by atoms with van der Waals surface area (Å²) >= 11 is 0. The summed E-state index contributed by atoms with van der Waals surface area (Å²) in [7, 11) is 0. The zero-order valence-corrected chi connectivity index (χ0v) is 7.78. The summed E-state index contributed by atoms with van der Waals surface area (Å²) in [5.74, 6) is -2.12. The van der Waals surface area contributed by atoms with E-state index in [1.165, 1.54) is 0 Å². The van der Waals surface area contributed by atoms with Gasteiger partial charge in [0.25, 0.3) is 0 Å². The molecular weight excluding hydrogens is 174 g/mol. The first-order valence-corrected chi connectivity index (χ1v) is 4.17. The van der Waals surface area contributed by atoms with Crippen LogP contribution in [-0.4, -0.2) is 34.7 Å². The normalized spacial score (nSPS) is 14.9. The van der Waals surface area contributed by atoms with Crippen LogP contribution in [-0.2, 0) is 9.59 Å². The number of hydrogen-bond acceptors (Lipinski definition) is 3. The fourth-order valence-electron chi connectivity index (χ4n) is 0.965. The lowest BCUT2D eigenvalue weighted by Crippen LogP contribution is -2.43. The van der Waals surface area contributed by atoms with E-state index in [-0.39, 0.29) is 12.5 Å². The molecule has 13 heavy (non-hydrogen) atoms. The van der Waals surface area contributed by atoms with Gasteiger partial charge in [-0.15, -0.1) is 0 Å². The summed E-state index contributed by atoms with van der Waals surface area (Å²) in [6.45, 7) is 3.32. The minimum Gasteiger partial charge on any atom is -0.480 e. The maximum absolute atomic E-state index is 10.7. The van der Waals surface area contributed by atoms with Crippen molar-refractivity contribution in [3.8, 4) is 0 Å². The fourth-order valence-corrected chi connectivity index (χ4v) is 0.965. The van der Waals surface area contributed by atoms with E-state index >= 15 is 0 Å². The minimum atomic E-state index is -1.05. The molecule has 0 fully saturated rings. The van der Waals surface area contributed by atoms with E-state index in [9.17, 15) is 9.59 Å². The molecule has 3 N–H and O–H groups in total. The first kappa shape index (κ1) is 11.9. The summed E-state index contributed by atoms with van der Waals surface area (Å²) in [6, 6.07) is -0.777. The minimum absolute atomic E-state index is 0.0724. The molecule has 0 aliphatic carbocycles. The largest absolute Gasteiger partial charge is 0.480 e. The Labute approximate surface area is 76.8 Å². The van der Waals surface area contributed by atoms with Gasteiger partial charge in [0, 0.05) is 0 Å². The van der Waals surface area contributed by atoms with Crippen LogP contribution in [0.3, 0.4) is 0 Å². The standard InChI is InChI=1S/C8H15NO4/c1-3-5(2)7(8(12)13)9-4-6(10)11/h5,7,9H,3-4H2,1-2H3,(H,10,11)(H,12,13)/t5-,7-/m0/s1. The van der Waals surface area contributed by atoms with Crippen molar-refractivity contribution in [1.82, 2.24) is 5.32 Å². The van der Waals surface area contributed by atoms with Crippen LogP contribution in [0.5, 0.6) is 0 Å². The van der Waals surface area contributed by atoms with Crippen molar-refractivity contribution in [2.45, 2.75) is 26.3 Å². The van der Waals surface area contributed by atoms with Crippen LogP contribution in [0.2, 0.25) is 0 Å². The molecule has 2 atom stereocenters. The predicted molar refractivity (Wildman–Crippen MR) is 46.5 cm³/mol. The lowest BCUT2D eigenvalue weighted by Gasteiger charge is -2.18. The third-order valence-corrected chi connectivity index (χ3v) is 1.95. The molecule has 0 amide bonds. The van der Waals surface area contributed by atoms with E-state index in [1.807, 2.05) is 6.92 Å². The van der Waals surface area contributed by atoms with Crippen molar-refractivity contribution < 1.29 is 19.8 Å². The first-order valence-electron chi connectivity index (χ1n) is 4.17. The van der Waals surface area contributed by atoms with Gasteiger partial charge in [0.05, 0.1) is 6.54 Å². The third kappa shape index (κ3) is 4.47. The van der Waals surface area contributed by atoms with E-state index in [2.05, 4.69) is 5.32 Å². The SMILES string of the molecule is CC[C@H](C)[C@H](NCC(=O)O)C(=O)O. The molecular formula is C8H15NO4. The van der Waals surface area contributed by atoms with Gasteiger partial charge in [-0.05, 0) is 5.92 Å². The van der Waals surface area contributed by atoms with Gasteiger partial charge < -0.3 is 10.2 Å². The van der Waals surface area contributed by atoms with Crippen LogP contribution in [0.25, 0.3) is 0 Å². The Morgan fingerprint density at radius 1 is 1.38 bits per heavy atom. The molecule has 0 aliphatic heterocycles. The smallest absolute Gasteiger partial charge is 0.320 e. The molecule has 0 saturated carbocycles. The molecule has 0 aromatic heterocycles. The van der Waals surface area contributed by atoms with Crippen molar-refractivity contribution in [2.75, 3.05) is 6.54 Å². The van der Waals surface area contributed by atoms with Gasteiger partial charge in [0.2, 0.25) is 0 Å². The van der Waals surface area contributed by atoms with Crippen LogP contribution in [0, 0.1) is 5.92 Å². The lowest BCUT2D eigenvalue weighted by atomic mass is 9.99. The molecule has 5 heteroatoms. The maximum Gasteiger partial charge on any atom is 0.320 e. The predicted octanol–water partition coefficient (Wildman–Crippen LogP) is 0.160. The highest BCUT2D eigenvalue weighted by atomic mass is 16.4. The highest BCUT2D eigenvalue weighted by Gasteiger charge is 2.23. The fraction of sp³-hybridized carbons (Fsp3) is 0.750. The number of carboxylic acids is 2. The number of carbonyl (C=O) groups is 2. The van der Waals surface area contributed by atoms with Gasteiger partial charge in [-0.25, -0.2) is 0 Å². The van der Waals surface area contributed by atoms with Crippen molar-refractivity contribution >= 4 is 11.9 Å². The summed E-state index contributed by atoms with van der Waals surface area (Å²) < 4.78 is 0. The second kappa shape index (κ2) is 5.53. The van der Waals surface area contributed by atoms with Crippen molar-refractivity contribution in [2.24, 2.45) is 5.92 Å². The third-order valence-electron chi connectivity index (χ3n) is 1.95. The molecule has 0 heterocycles. The summed E-state index contributed by atoms with van der Waals surface area (Å²) in [6.07, 6.45) is 0.698. The Bertz CT molecular complexity index is 193. The van der Waals surface area contributed by atoms with Gasteiger partial charge in [-0.1, -0.05) is 20.3 Å². The molecule has 76 valence electrons. The topological polar surface area (TPSA) is 86.6 Å². The van der Waals surface area contributed by atoms with Crippen LogP contribution in [0.15, 0.2) is 0 Å². The quantitative estimate of drug-likeness (QED) is 0.554. The lowest BCUT2D eigenvalue weighted by molar-refractivity contribution is -0.141. The van der Waals surface area contributed by atoms with E-state index in [1.54, 1.807) is 6.92 Å². The summed E-state index contributed by atoms with van der Waals surface area (Å²) in [4.78, 5) is 20.8. The van der Waals surface area contributed by atoms with Crippen LogP contribution in [0.1, 0.15) is 20.3 Å². The Morgan fingerprint density at radius 2 is 1.92 bits per heavy atom. The van der Waals surface area contributed by atoms with Crippen LogP contribution < -0.4 is 5.32 Å². The van der Waals surface area contributed by atoms with Crippen LogP contribution >= 0.6 is 0 Å².